The molecule has 140 valence electrons. The summed E-state index contributed by atoms with van der Waals surface area (Å²) in [7, 11) is 4.03. The smallest absolute Gasteiger partial charge is 0.271 e. The molecule has 0 atom stereocenters. The first-order valence-corrected chi connectivity index (χ1v) is 9.73. The van der Waals surface area contributed by atoms with Crippen LogP contribution >= 0.6 is 23.2 Å². The van der Waals surface area contributed by atoms with E-state index < -0.39 is 0 Å². The maximum absolute atomic E-state index is 13.5. The van der Waals surface area contributed by atoms with Crippen molar-refractivity contribution in [2.24, 2.45) is 7.05 Å². The van der Waals surface area contributed by atoms with Crippen LogP contribution in [0.2, 0.25) is 10.0 Å². The van der Waals surface area contributed by atoms with Crippen LogP contribution in [0.4, 0.5) is 0 Å². The monoisotopic (exact) mass is 401 g/mol. The molecular formula is C21H21Cl2N3O. The molecular weight excluding hydrogens is 381 g/mol. The summed E-state index contributed by atoms with van der Waals surface area (Å²) in [5, 5.41) is 2.30. The lowest BCUT2D eigenvalue weighted by Crippen LogP contribution is -2.47. The van der Waals surface area contributed by atoms with E-state index in [2.05, 4.69) is 11.9 Å². The number of nitrogens with zero attached hydrogens (tertiary/aromatic N) is 3. The number of carbonyl (C=O) groups is 1. The molecule has 1 saturated heterocycles. The molecule has 1 aliphatic heterocycles. The fourth-order valence-corrected chi connectivity index (χ4v) is 4.03. The average Bonchev–Trinajstić information content (AvgIpc) is 2.94. The Labute approximate surface area is 168 Å². The number of carbonyl (C=O) groups excluding carboxylic acids is 1. The van der Waals surface area contributed by atoms with Crippen LogP contribution in [0, 0.1) is 0 Å². The first kappa shape index (κ1) is 18.4. The molecule has 0 N–H and O–H groups in total. The Morgan fingerprint density at radius 3 is 2.19 bits per heavy atom. The van der Waals surface area contributed by atoms with Crippen LogP contribution < -0.4 is 0 Å². The second-order valence-corrected chi connectivity index (χ2v) is 7.92. The molecule has 0 spiro atoms. The third-order valence-corrected chi connectivity index (χ3v) is 5.77. The van der Waals surface area contributed by atoms with Gasteiger partial charge in [-0.3, -0.25) is 4.79 Å². The highest BCUT2D eigenvalue weighted by atomic mass is 35.5. The van der Waals surface area contributed by atoms with Crippen LogP contribution in [0.15, 0.2) is 42.5 Å². The number of halogens is 2. The van der Waals surface area contributed by atoms with Crippen molar-refractivity contribution in [2.75, 3.05) is 33.2 Å². The Morgan fingerprint density at radius 2 is 1.52 bits per heavy atom. The molecule has 6 heteroatoms. The van der Waals surface area contributed by atoms with Gasteiger partial charge < -0.3 is 14.4 Å². The standard InChI is InChI=1S/C21H21Cl2N3O/c1-24-9-11-26(12-10-24)21(27)20-19(14-3-5-15(22)6-4-14)17-13-16(23)7-8-18(17)25(20)2/h3-8,13H,9-12H2,1-2H3. The molecule has 27 heavy (non-hydrogen) atoms. The van der Waals surface area contributed by atoms with E-state index in [1.807, 2.05) is 59.0 Å². The van der Waals surface area contributed by atoms with Gasteiger partial charge in [0, 0.05) is 59.7 Å². The van der Waals surface area contributed by atoms with E-state index >= 15 is 0 Å². The molecule has 3 aromatic rings. The Kier molecular flexibility index (Phi) is 4.89. The molecule has 0 saturated carbocycles. The minimum absolute atomic E-state index is 0.0582. The fourth-order valence-electron chi connectivity index (χ4n) is 3.74. The van der Waals surface area contributed by atoms with Crippen LogP contribution in [-0.4, -0.2) is 53.5 Å². The van der Waals surface area contributed by atoms with Crippen molar-refractivity contribution in [1.29, 1.82) is 0 Å². The first-order valence-electron chi connectivity index (χ1n) is 8.97. The van der Waals surface area contributed by atoms with E-state index in [0.717, 1.165) is 48.2 Å². The molecule has 2 aromatic carbocycles. The Hall–Kier alpha value is -2.01. The van der Waals surface area contributed by atoms with Gasteiger partial charge in [-0.2, -0.15) is 0 Å². The lowest BCUT2D eigenvalue weighted by Gasteiger charge is -2.32. The highest BCUT2D eigenvalue weighted by Crippen LogP contribution is 2.37. The molecule has 0 bridgehead atoms. The van der Waals surface area contributed by atoms with Crippen LogP contribution in [0.5, 0.6) is 0 Å². The number of piperazine rings is 1. The number of benzene rings is 2. The van der Waals surface area contributed by atoms with Gasteiger partial charge in [0.25, 0.3) is 5.91 Å². The summed E-state index contributed by atoms with van der Waals surface area (Å²) in [6, 6.07) is 13.4. The second kappa shape index (κ2) is 7.19. The Morgan fingerprint density at radius 1 is 0.889 bits per heavy atom. The molecule has 1 aliphatic rings. The molecule has 4 rings (SSSR count). The maximum atomic E-state index is 13.5. The predicted octanol–water partition coefficient (Wildman–Crippen LogP) is 4.54. The van der Waals surface area contributed by atoms with Crippen molar-refractivity contribution in [3.05, 3.63) is 58.2 Å². The molecule has 0 radical (unpaired) electrons. The van der Waals surface area contributed by atoms with E-state index in [1.54, 1.807) is 0 Å². The van der Waals surface area contributed by atoms with Gasteiger partial charge in [-0.1, -0.05) is 35.3 Å². The van der Waals surface area contributed by atoms with Gasteiger partial charge in [0.2, 0.25) is 0 Å². The summed E-state index contributed by atoms with van der Waals surface area (Å²) >= 11 is 12.4. The van der Waals surface area contributed by atoms with E-state index in [0.29, 0.717) is 15.7 Å². The molecule has 0 unspecified atom stereocenters. The second-order valence-electron chi connectivity index (χ2n) is 7.05. The number of rotatable bonds is 2. The average molecular weight is 402 g/mol. The third-order valence-electron chi connectivity index (χ3n) is 5.29. The summed E-state index contributed by atoms with van der Waals surface area (Å²) in [6.45, 7) is 3.24. The van der Waals surface area contributed by atoms with Gasteiger partial charge in [0.15, 0.2) is 0 Å². The van der Waals surface area contributed by atoms with Gasteiger partial charge in [-0.05, 0) is 42.9 Å². The van der Waals surface area contributed by atoms with Crippen LogP contribution in [0.3, 0.4) is 0 Å². The van der Waals surface area contributed by atoms with Crippen molar-refractivity contribution < 1.29 is 4.79 Å². The van der Waals surface area contributed by atoms with Gasteiger partial charge in [0.05, 0.1) is 0 Å². The van der Waals surface area contributed by atoms with Gasteiger partial charge in [-0.25, -0.2) is 0 Å². The van der Waals surface area contributed by atoms with E-state index in [9.17, 15) is 4.79 Å². The van der Waals surface area contributed by atoms with Crippen molar-refractivity contribution >= 4 is 40.0 Å². The topological polar surface area (TPSA) is 28.5 Å². The number of fused-ring (bicyclic) bond motifs is 1. The number of likely N-dealkylation sites (N-methyl/N-ethyl adjacent to an activating group) is 1. The van der Waals surface area contributed by atoms with Gasteiger partial charge in [-0.15, -0.1) is 0 Å². The van der Waals surface area contributed by atoms with Crippen LogP contribution in [0.1, 0.15) is 10.5 Å². The van der Waals surface area contributed by atoms with Crippen molar-refractivity contribution in [2.45, 2.75) is 0 Å². The number of hydrogen-bond donors (Lipinski definition) is 0. The molecule has 4 nitrogen and oxygen atoms in total. The summed E-state index contributed by atoms with van der Waals surface area (Å²) < 4.78 is 1.98. The normalized spacial score (nSPS) is 15.5. The highest BCUT2D eigenvalue weighted by molar-refractivity contribution is 6.32. The van der Waals surface area contributed by atoms with Crippen molar-refractivity contribution in [3.8, 4) is 11.1 Å². The Balaban J connectivity index is 1.91. The molecule has 1 fully saturated rings. The summed E-state index contributed by atoms with van der Waals surface area (Å²) in [5.41, 5.74) is 3.56. The van der Waals surface area contributed by atoms with E-state index in [1.165, 1.54) is 0 Å². The largest absolute Gasteiger partial charge is 0.339 e. The van der Waals surface area contributed by atoms with Crippen molar-refractivity contribution in [3.63, 3.8) is 0 Å². The number of amides is 1. The van der Waals surface area contributed by atoms with Gasteiger partial charge >= 0.3 is 0 Å². The number of aryl methyl sites for hydroxylation is 1. The zero-order chi connectivity index (χ0) is 19.1. The molecule has 1 aromatic heterocycles. The molecule has 0 aliphatic carbocycles. The zero-order valence-electron chi connectivity index (χ0n) is 15.4. The fraction of sp³-hybridized carbons (Fsp3) is 0.286. The zero-order valence-corrected chi connectivity index (χ0v) is 16.9. The Bertz CT molecular complexity index is 1000. The molecule has 1 amide bonds. The molecule has 2 heterocycles. The van der Waals surface area contributed by atoms with Gasteiger partial charge in [0.1, 0.15) is 5.69 Å². The lowest BCUT2D eigenvalue weighted by molar-refractivity contribution is 0.0656. The lowest BCUT2D eigenvalue weighted by atomic mass is 10.0. The van der Waals surface area contributed by atoms with E-state index in [4.69, 9.17) is 23.2 Å². The summed E-state index contributed by atoms with van der Waals surface area (Å²) in [6.07, 6.45) is 0. The quantitative estimate of drug-likeness (QED) is 0.630. The van der Waals surface area contributed by atoms with Crippen molar-refractivity contribution in [1.82, 2.24) is 14.4 Å². The predicted molar refractivity (Wildman–Crippen MR) is 112 cm³/mol. The number of aromatic nitrogens is 1. The maximum Gasteiger partial charge on any atom is 0.271 e. The SMILES string of the molecule is CN1CCN(C(=O)c2c(-c3ccc(Cl)cc3)c3cc(Cl)ccc3n2C)CC1. The summed E-state index contributed by atoms with van der Waals surface area (Å²) in [4.78, 5) is 17.7. The third kappa shape index (κ3) is 3.33. The number of hydrogen-bond acceptors (Lipinski definition) is 2. The first-order chi connectivity index (χ1) is 13.0. The van der Waals surface area contributed by atoms with Crippen LogP contribution in [-0.2, 0) is 7.05 Å². The highest BCUT2D eigenvalue weighted by Gasteiger charge is 2.28. The minimum atomic E-state index is 0.0582. The summed E-state index contributed by atoms with van der Waals surface area (Å²) in [5.74, 6) is 0.0582. The van der Waals surface area contributed by atoms with E-state index in [-0.39, 0.29) is 5.91 Å². The van der Waals surface area contributed by atoms with Crippen LogP contribution in [0.25, 0.3) is 22.0 Å². The minimum Gasteiger partial charge on any atom is -0.339 e.